The highest BCUT2D eigenvalue weighted by Gasteiger charge is 2.11. The van der Waals surface area contributed by atoms with Crippen molar-refractivity contribution in [1.82, 2.24) is 0 Å². The third-order valence-corrected chi connectivity index (χ3v) is 2.14. The Morgan fingerprint density at radius 3 is 3.00 bits per heavy atom. The molecule has 0 saturated heterocycles. The van der Waals surface area contributed by atoms with Crippen molar-refractivity contribution in [3.05, 3.63) is 41.6 Å². The van der Waals surface area contributed by atoms with Crippen molar-refractivity contribution < 1.29 is 4.39 Å². The van der Waals surface area contributed by atoms with Gasteiger partial charge in [0.2, 0.25) is 0 Å². The second kappa shape index (κ2) is 2.65. The van der Waals surface area contributed by atoms with Gasteiger partial charge in [0.15, 0.2) is 0 Å². The predicted molar refractivity (Wildman–Crippen MR) is 42.7 cm³/mol. The first-order valence-corrected chi connectivity index (χ1v) is 3.98. The van der Waals surface area contributed by atoms with Gasteiger partial charge in [-0.1, -0.05) is 12.1 Å². The molecule has 0 aliphatic heterocycles. The summed E-state index contributed by atoms with van der Waals surface area (Å²) in [5.74, 6) is -0.0674. The van der Waals surface area contributed by atoms with E-state index >= 15 is 0 Å². The average molecular weight is 149 g/mol. The molecule has 0 N–H and O–H groups in total. The summed E-state index contributed by atoms with van der Waals surface area (Å²) in [5.41, 5.74) is 2.00. The van der Waals surface area contributed by atoms with Crippen LogP contribution < -0.4 is 0 Å². The van der Waals surface area contributed by atoms with Gasteiger partial charge in [-0.15, -0.1) is 0 Å². The fourth-order valence-corrected chi connectivity index (χ4v) is 1.57. The van der Waals surface area contributed by atoms with Crippen LogP contribution in [-0.2, 0) is 6.42 Å². The number of hydrogen-bond acceptors (Lipinski definition) is 0. The number of benzene rings is 1. The van der Waals surface area contributed by atoms with E-state index in [-0.39, 0.29) is 5.82 Å². The fourth-order valence-electron chi connectivity index (χ4n) is 1.57. The van der Waals surface area contributed by atoms with Gasteiger partial charge in [0.05, 0.1) is 0 Å². The quantitative estimate of drug-likeness (QED) is 0.532. The molecular weight excluding hydrogens is 139 g/mol. The molecule has 2 rings (SSSR count). The van der Waals surface area contributed by atoms with Crippen molar-refractivity contribution in [1.29, 1.82) is 0 Å². The van der Waals surface area contributed by atoms with Crippen LogP contribution in [0.15, 0.2) is 18.2 Å². The average Bonchev–Trinajstić information content (AvgIpc) is 2.06. The van der Waals surface area contributed by atoms with Gasteiger partial charge in [-0.25, -0.2) is 4.39 Å². The normalized spacial score (nSPS) is 16.1. The van der Waals surface area contributed by atoms with Crippen molar-refractivity contribution in [2.45, 2.75) is 19.3 Å². The van der Waals surface area contributed by atoms with E-state index in [1.807, 2.05) is 12.5 Å². The molecule has 57 valence electrons. The van der Waals surface area contributed by atoms with E-state index in [9.17, 15) is 4.39 Å². The molecule has 0 amide bonds. The van der Waals surface area contributed by atoms with Crippen LogP contribution in [0.5, 0.6) is 0 Å². The number of halogens is 1. The summed E-state index contributed by atoms with van der Waals surface area (Å²) in [4.78, 5) is 0. The molecule has 0 atom stereocenters. The first kappa shape index (κ1) is 6.84. The Balaban J connectivity index is 2.49. The second-order valence-corrected chi connectivity index (χ2v) is 2.91. The Bertz CT molecular complexity index is 266. The van der Waals surface area contributed by atoms with Gasteiger partial charge >= 0.3 is 0 Å². The summed E-state index contributed by atoms with van der Waals surface area (Å²) in [6.45, 7) is 0. The van der Waals surface area contributed by atoms with Crippen LogP contribution in [-0.4, -0.2) is 0 Å². The zero-order valence-electron chi connectivity index (χ0n) is 6.31. The van der Waals surface area contributed by atoms with Crippen molar-refractivity contribution >= 4 is 0 Å². The Morgan fingerprint density at radius 2 is 2.18 bits per heavy atom. The molecule has 0 nitrogen and oxygen atoms in total. The maximum absolute atomic E-state index is 13.0. The summed E-state index contributed by atoms with van der Waals surface area (Å²) in [6, 6.07) is 5.32. The molecule has 1 aliphatic rings. The van der Waals surface area contributed by atoms with Crippen LogP contribution in [0.2, 0.25) is 0 Å². The molecule has 1 aromatic rings. The number of aryl methyl sites for hydroxylation is 1. The summed E-state index contributed by atoms with van der Waals surface area (Å²) in [6.07, 6.45) is 5.21. The molecule has 0 heterocycles. The van der Waals surface area contributed by atoms with Crippen molar-refractivity contribution in [3.63, 3.8) is 0 Å². The molecule has 0 saturated carbocycles. The van der Waals surface area contributed by atoms with Gasteiger partial charge in [-0.3, -0.25) is 0 Å². The van der Waals surface area contributed by atoms with Gasteiger partial charge < -0.3 is 0 Å². The molecule has 1 aliphatic carbocycles. The van der Waals surface area contributed by atoms with Gasteiger partial charge in [-0.05, 0) is 42.9 Å². The van der Waals surface area contributed by atoms with Crippen LogP contribution in [0.4, 0.5) is 4.39 Å². The van der Waals surface area contributed by atoms with E-state index in [0.29, 0.717) is 0 Å². The van der Waals surface area contributed by atoms with Crippen molar-refractivity contribution in [2.75, 3.05) is 0 Å². The standard InChI is InChI=1S/C10H10F/c11-10-7-3-5-8-4-1-2-6-9(8)10/h3,5-7H,1-2,4H2. The van der Waals surface area contributed by atoms with E-state index in [2.05, 4.69) is 0 Å². The highest BCUT2D eigenvalue weighted by Crippen LogP contribution is 2.24. The van der Waals surface area contributed by atoms with Gasteiger partial charge in [0.25, 0.3) is 0 Å². The van der Waals surface area contributed by atoms with E-state index < -0.39 is 0 Å². The molecule has 11 heavy (non-hydrogen) atoms. The summed E-state index contributed by atoms with van der Waals surface area (Å²) >= 11 is 0. The zero-order chi connectivity index (χ0) is 7.68. The van der Waals surface area contributed by atoms with Crippen LogP contribution in [0.3, 0.4) is 0 Å². The third kappa shape index (κ3) is 1.15. The predicted octanol–water partition coefficient (Wildman–Crippen LogP) is 2.71. The Morgan fingerprint density at radius 1 is 1.27 bits per heavy atom. The largest absolute Gasteiger partial charge is 0.207 e. The van der Waals surface area contributed by atoms with Gasteiger partial charge in [0, 0.05) is 0 Å². The van der Waals surface area contributed by atoms with Crippen LogP contribution in [0, 0.1) is 12.2 Å². The minimum atomic E-state index is -0.0674. The maximum Gasteiger partial charge on any atom is 0.126 e. The fraction of sp³-hybridized carbons (Fsp3) is 0.300. The number of fused-ring (bicyclic) bond motifs is 1. The molecule has 0 bridgehead atoms. The number of hydrogen-bond donors (Lipinski definition) is 0. The molecule has 1 aromatic carbocycles. The Hall–Kier alpha value is -0.850. The van der Waals surface area contributed by atoms with Gasteiger partial charge in [0.1, 0.15) is 5.82 Å². The lowest BCUT2D eigenvalue weighted by Crippen LogP contribution is -2.02. The SMILES string of the molecule is Fc1cccc2c1[CH]CCC2. The van der Waals surface area contributed by atoms with E-state index in [1.54, 1.807) is 6.07 Å². The Labute approximate surface area is 66.1 Å². The molecule has 0 fully saturated rings. The molecule has 0 aromatic heterocycles. The maximum atomic E-state index is 13.0. The van der Waals surface area contributed by atoms with E-state index in [4.69, 9.17) is 0 Å². The number of rotatable bonds is 0. The van der Waals surface area contributed by atoms with Gasteiger partial charge in [-0.2, -0.15) is 0 Å². The summed E-state index contributed by atoms with van der Waals surface area (Å²) < 4.78 is 13.0. The highest BCUT2D eigenvalue weighted by molar-refractivity contribution is 5.36. The smallest absolute Gasteiger partial charge is 0.126 e. The Kier molecular flexibility index (Phi) is 1.65. The van der Waals surface area contributed by atoms with E-state index in [1.165, 1.54) is 6.07 Å². The first-order chi connectivity index (χ1) is 5.38. The molecule has 1 heteroatoms. The summed E-state index contributed by atoms with van der Waals surface area (Å²) in [5, 5.41) is 0. The minimum absolute atomic E-state index is 0.0674. The lowest BCUT2D eigenvalue weighted by molar-refractivity contribution is 0.606. The lowest BCUT2D eigenvalue weighted by atomic mass is 9.91. The van der Waals surface area contributed by atoms with E-state index in [0.717, 1.165) is 30.4 Å². The topological polar surface area (TPSA) is 0 Å². The second-order valence-electron chi connectivity index (χ2n) is 2.91. The minimum Gasteiger partial charge on any atom is -0.207 e. The lowest BCUT2D eigenvalue weighted by Gasteiger charge is -2.14. The van der Waals surface area contributed by atoms with Crippen LogP contribution >= 0.6 is 0 Å². The highest BCUT2D eigenvalue weighted by atomic mass is 19.1. The van der Waals surface area contributed by atoms with Crippen molar-refractivity contribution in [3.8, 4) is 0 Å². The third-order valence-electron chi connectivity index (χ3n) is 2.14. The monoisotopic (exact) mass is 149 g/mol. The molecular formula is C10H10F. The molecule has 0 unspecified atom stereocenters. The van der Waals surface area contributed by atoms with Crippen LogP contribution in [0.1, 0.15) is 24.0 Å². The molecule has 0 spiro atoms. The first-order valence-electron chi connectivity index (χ1n) is 3.98. The summed E-state index contributed by atoms with van der Waals surface area (Å²) in [7, 11) is 0. The molecule has 1 radical (unpaired) electrons. The van der Waals surface area contributed by atoms with Crippen LogP contribution in [0.25, 0.3) is 0 Å². The zero-order valence-corrected chi connectivity index (χ0v) is 6.31. The van der Waals surface area contributed by atoms with Crippen molar-refractivity contribution in [2.24, 2.45) is 0 Å².